The zero-order valence-electron chi connectivity index (χ0n) is 16.5. The standard InChI is InChI=1S/C21H23NO7/c1-4-28-14-8-7-13(12-16(14)27-3)18-17(19(23)15-6-5-10-29-15)20(24)21(25)22(18)9-11-26-2/h5-8,10,12,18,24H,4,9,11H2,1-3H3. The molecule has 0 bridgehead atoms. The highest BCUT2D eigenvalue weighted by Crippen LogP contribution is 2.41. The van der Waals surface area contributed by atoms with Gasteiger partial charge in [-0.15, -0.1) is 0 Å². The second-order valence-corrected chi connectivity index (χ2v) is 6.31. The fourth-order valence-corrected chi connectivity index (χ4v) is 3.32. The largest absolute Gasteiger partial charge is 0.503 e. The molecule has 0 aliphatic carbocycles. The summed E-state index contributed by atoms with van der Waals surface area (Å²) in [5.74, 6) is -0.761. The first-order valence-electron chi connectivity index (χ1n) is 9.15. The molecule has 29 heavy (non-hydrogen) atoms. The molecule has 1 unspecified atom stereocenters. The average molecular weight is 401 g/mol. The Hall–Kier alpha value is -3.26. The Morgan fingerprint density at radius 2 is 2.03 bits per heavy atom. The van der Waals surface area contributed by atoms with Gasteiger partial charge in [0.05, 0.1) is 38.2 Å². The Morgan fingerprint density at radius 3 is 2.66 bits per heavy atom. The Morgan fingerprint density at radius 1 is 1.24 bits per heavy atom. The zero-order valence-corrected chi connectivity index (χ0v) is 16.5. The van der Waals surface area contributed by atoms with Gasteiger partial charge in [-0.05, 0) is 36.8 Å². The fraction of sp³-hybridized carbons (Fsp3) is 0.333. The summed E-state index contributed by atoms with van der Waals surface area (Å²) in [6.07, 6.45) is 1.36. The van der Waals surface area contributed by atoms with Crippen LogP contribution in [0.5, 0.6) is 11.5 Å². The van der Waals surface area contributed by atoms with E-state index in [1.807, 2.05) is 6.92 Å². The number of ketones is 1. The summed E-state index contributed by atoms with van der Waals surface area (Å²) in [5.41, 5.74) is 0.543. The highest BCUT2D eigenvalue weighted by Gasteiger charge is 2.44. The van der Waals surface area contributed by atoms with Crippen molar-refractivity contribution >= 4 is 11.7 Å². The van der Waals surface area contributed by atoms with E-state index >= 15 is 0 Å². The van der Waals surface area contributed by atoms with Crippen molar-refractivity contribution in [2.24, 2.45) is 0 Å². The number of ether oxygens (including phenoxy) is 3. The Kier molecular flexibility index (Phi) is 6.23. The van der Waals surface area contributed by atoms with Crippen molar-refractivity contribution in [1.82, 2.24) is 4.90 Å². The van der Waals surface area contributed by atoms with E-state index in [9.17, 15) is 14.7 Å². The molecule has 1 N–H and O–H groups in total. The maximum Gasteiger partial charge on any atom is 0.290 e. The van der Waals surface area contributed by atoms with Crippen molar-refractivity contribution in [2.75, 3.05) is 34.0 Å². The smallest absolute Gasteiger partial charge is 0.290 e. The fourth-order valence-electron chi connectivity index (χ4n) is 3.32. The monoisotopic (exact) mass is 401 g/mol. The maximum atomic E-state index is 13.0. The van der Waals surface area contributed by atoms with Crippen LogP contribution < -0.4 is 9.47 Å². The van der Waals surface area contributed by atoms with E-state index in [0.29, 0.717) is 23.7 Å². The summed E-state index contributed by atoms with van der Waals surface area (Å²) in [4.78, 5) is 27.1. The van der Waals surface area contributed by atoms with E-state index < -0.39 is 23.5 Å². The number of amides is 1. The molecule has 1 amide bonds. The van der Waals surface area contributed by atoms with Crippen molar-refractivity contribution in [1.29, 1.82) is 0 Å². The molecule has 0 saturated carbocycles. The van der Waals surface area contributed by atoms with E-state index in [0.717, 1.165) is 0 Å². The van der Waals surface area contributed by atoms with Crippen LogP contribution in [-0.4, -0.2) is 55.7 Å². The van der Waals surface area contributed by atoms with Gasteiger partial charge in [-0.3, -0.25) is 9.59 Å². The molecule has 0 radical (unpaired) electrons. The summed E-state index contributed by atoms with van der Waals surface area (Å²) in [7, 11) is 3.02. The summed E-state index contributed by atoms with van der Waals surface area (Å²) >= 11 is 0. The van der Waals surface area contributed by atoms with Crippen LogP contribution in [0.1, 0.15) is 29.1 Å². The molecular weight excluding hydrogens is 378 g/mol. The van der Waals surface area contributed by atoms with Gasteiger partial charge in [0, 0.05) is 13.7 Å². The van der Waals surface area contributed by atoms with Gasteiger partial charge in [-0.25, -0.2) is 0 Å². The Labute approximate surface area is 168 Å². The van der Waals surface area contributed by atoms with Crippen molar-refractivity contribution in [3.05, 3.63) is 59.3 Å². The highest BCUT2D eigenvalue weighted by molar-refractivity contribution is 6.15. The minimum Gasteiger partial charge on any atom is -0.503 e. The number of methoxy groups -OCH3 is 2. The highest BCUT2D eigenvalue weighted by atomic mass is 16.5. The number of Topliss-reactive ketones (excluding diaryl/α,β-unsaturated/α-hetero) is 1. The molecule has 0 saturated heterocycles. The van der Waals surface area contributed by atoms with Gasteiger partial charge in [0.25, 0.3) is 5.91 Å². The molecular formula is C21H23NO7. The van der Waals surface area contributed by atoms with Crippen LogP contribution in [0.3, 0.4) is 0 Å². The van der Waals surface area contributed by atoms with Crippen molar-refractivity contribution in [2.45, 2.75) is 13.0 Å². The first-order chi connectivity index (χ1) is 14.0. The molecule has 2 aromatic rings. The summed E-state index contributed by atoms with van der Waals surface area (Å²) in [5, 5.41) is 10.5. The molecule has 154 valence electrons. The first-order valence-corrected chi connectivity index (χ1v) is 9.15. The molecule has 1 aliphatic heterocycles. The van der Waals surface area contributed by atoms with Crippen LogP contribution >= 0.6 is 0 Å². The summed E-state index contributed by atoms with van der Waals surface area (Å²) in [6, 6.07) is 7.37. The Bertz CT molecular complexity index is 917. The minimum absolute atomic E-state index is 0.0378. The lowest BCUT2D eigenvalue weighted by atomic mass is 9.94. The van der Waals surface area contributed by atoms with Crippen LogP contribution in [0.25, 0.3) is 0 Å². The van der Waals surface area contributed by atoms with Crippen LogP contribution in [0.2, 0.25) is 0 Å². The van der Waals surface area contributed by atoms with Crippen molar-refractivity contribution in [3.8, 4) is 11.5 Å². The molecule has 2 heterocycles. The van der Waals surface area contributed by atoms with Crippen LogP contribution in [0.15, 0.2) is 52.3 Å². The predicted molar refractivity (Wildman–Crippen MR) is 103 cm³/mol. The van der Waals surface area contributed by atoms with E-state index in [4.69, 9.17) is 18.6 Å². The maximum absolute atomic E-state index is 13.0. The molecule has 0 fully saturated rings. The lowest BCUT2D eigenvalue weighted by molar-refractivity contribution is -0.130. The average Bonchev–Trinajstić information content (AvgIpc) is 3.35. The van der Waals surface area contributed by atoms with E-state index in [1.54, 1.807) is 24.3 Å². The van der Waals surface area contributed by atoms with Gasteiger partial charge in [-0.2, -0.15) is 0 Å². The number of benzene rings is 1. The third-order valence-electron chi connectivity index (χ3n) is 4.63. The van der Waals surface area contributed by atoms with Gasteiger partial charge in [0.1, 0.15) is 0 Å². The number of furan rings is 1. The molecule has 1 aromatic carbocycles. The van der Waals surface area contributed by atoms with Gasteiger partial charge in [0.15, 0.2) is 23.0 Å². The summed E-state index contributed by atoms with van der Waals surface area (Å²) < 4.78 is 21.2. The van der Waals surface area contributed by atoms with Crippen LogP contribution in [0, 0.1) is 0 Å². The lowest BCUT2D eigenvalue weighted by Crippen LogP contribution is -2.34. The molecule has 1 aromatic heterocycles. The number of hydrogen-bond acceptors (Lipinski definition) is 7. The van der Waals surface area contributed by atoms with E-state index in [2.05, 4.69) is 0 Å². The van der Waals surface area contributed by atoms with Gasteiger partial charge in [-0.1, -0.05) is 6.07 Å². The lowest BCUT2D eigenvalue weighted by Gasteiger charge is -2.27. The second kappa shape index (κ2) is 8.83. The van der Waals surface area contributed by atoms with Crippen LogP contribution in [0.4, 0.5) is 0 Å². The number of carbonyl (C=O) groups excluding carboxylic acids is 2. The SMILES string of the molecule is CCOc1ccc(C2C(C(=O)c3ccco3)=C(O)C(=O)N2CCOC)cc1OC. The number of carbonyl (C=O) groups is 2. The van der Waals surface area contributed by atoms with Gasteiger partial charge < -0.3 is 28.6 Å². The Balaban J connectivity index is 2.09. The first kappa shape index (κ1) is 20.5. The van der Waals surface area contributed by atoms with Crippen molar-refractivity contribution in [3.63, 3.8) is 0 Å². The third-order valence-corrected chi connectivity index (χ3v) is 4.63. The number of aliphatic hydroxyl groups excluding tert-OH is 1. The van der Waals surface area contributed by atoms with Crippen LogP contribution in [-0.2, 0) is 9.53 Å². The normalized spacial score (nSPS) is 16.4. The van der Waals surface area contributed by atoms with Crippen molar-refractivity contribution < 1.29 is 33.3 Å². The van der Waals surface area contributed by atoms with Gasteiger partial charge >= 0.3 is 0 Å². The summed E-state index contributed by atoms with van der Waals surface area (Å²) in [6.45, 7) is 2.75. The molecule has 8 heteroatoms. The van der Waals surface area contributed by atoms with E-state index in [1.165, 1.54) is 31.4 Å². The third kappa shape index (κ3) is 3.84. The number of rotatable bonds is 9. The molecule has 3 rings (SSSR count). The zero-order chi connectivity index (χ0) is 21.0. The molecule has 8 nitrogen and oxygen atoms in total. The minimum atomic E-state index is -0.820. The molecule has 1 atom stereocenters. The number of hydrogen-bond donors (Lipinski definition) is 1. The predicted octanol–water partition coefficient (Wildman–Crippen LogP) is 2.91. The van der Waals surface area contributed by atoms with Gasteiger partial charge in [0.2, 0.25) is 5.78 Å². The molecule has 0 spiro atoms. The topological polar surface area (TPSA) is 98.4 Å². The number of aliphatic hydroxyl groups is 1. The molecule has 1 aliphatic rings. The second-order valence-electron chi connectivity index (χ2n) is 6.31. The quantitative estimate of drug-likeness (QED) is 0.645. The number of nitrogens with zero attached hydrogens (tertiary/aromatic N) is 1. The van der Waals surface area contributed by atoms with E-state index in [-0.39, 0.29) is 24.5 Å².